The molecule has 2 nitrogen and oxygen atoms in total. The van der Waals surface area contributed by atoms with Gasteiger partial charge in [0.1, 0.15) is 6.10 Å². The predicted octanol–water partition coefficient (Wildman–Crippen LogP) is 3.40. The lowest BCUT2D eigenvalue weighted by atomic mass is 10.0. The number of aryl methyl sites for hydroxylation is 1. The van der Waals surface area contributed by atoms with E-state index in [1.54, 1.807) is 6.07 Å². The molecule has 0 saturated carbocycles. The van der Waals surface area contributed by atoms with Crippen LogP contribution in [0.3, 0.4) is 0 Å². The second-order valence-corrected chi connectivity index (χ2v) is 4.28. The molecule has 0 fully saturated rings. The van der Waals surface area contributed by atoms with Crippen LogP contribution in [0.1, 0.15) is 22.9 Å². The lowest BCUT2D eigenvalue weighted by molar-refractivity contribution is 0.208. The fourth-order valence-corrected chi connectivity index (χ4v) is 1.84. The van der Waals surface area contributed by atoms with Crippen molar-refractivity contribution < 1.29 is 13.9 Å². The molecule has 0 aliphatic carbocycles. The molecular formula is C13H10ClF2NO. The lowest BCUT2D eigenvalue weighted by Gasteiger charge is -2.13. The second kappa shape index (κ2) is 5.00. The third kappa shape index (κ3) is 2.21. The first-order valence-electron chi connectivity index (χ1n) is 5.25. The number of benzene rings is 1. The van der Waals surface area contributed by atoms with Gasteiger partial charge < -0.3 is 5.11 Å². The van der Waals surface area contributed by atoms with Crippen molar-refractivity contribution in [2.45, 2.75) is 13.0 Å². The summed E-state index contributed by atoms with van der Waals surface area (Å²) in [6.07, 6.45) is 0.0289. The Morgan fingerprint density at radius 2 is 1.94 bits per heavy atom. The van der Waals surface area contributed by atoms with Gasteiger partial charge in [0.2, 0.25) is 0 Å². The van der Waals surface area contributed by atoms with E-state index in [0.717, 1.165) is 0 Å². The van der Waals surface area contributed by atoms with Crippen LogP contribution in [0, 0.1) is 18.6 Å². The van der Waals surface area contributed by atoms with Gasteiger partial charge in [0.15, 0.2) is 11.6 Å². The van der Waals surface area contributed by atoms with E-state index < -0.39 is 17.7 Å². The molecule has 0 aliphatic rings. The summed E-state index contributed by atoms with van der Waals surface area (Å²) in [5.41, 5.74) is 0.0931. The normalized spacial score (nSPS) is 12.5. The van der Waals surface area contributed by atoms with Crippen molar-refractivity contribution in [2.24, 2.45) is 0 Å². The highest BCUT2D eigenvalue weighted by Crippen LogP contribution is 2.29. The van der Waals surface area contributed by atoms with E-state index in [0.29, 0.717) is 0 Å². The maximum absolute atomic E-state index is 13.7. The number of nitrogens with zero attached hydrogens (tertiary/aromatic N) is 1. The zero-order valence-corrected chi connectivity index (χ0v) is 10.2. The molecule has 1 aromatic carbocycles. The molecule has 2 aromatic rings. The van der Waals surface area contributed by atoms with Gasteiger partial charge in [-0.3, -0.25) is 4.98 Å². The Morgan fingerprint density at radius 3 is 2.61 bits per heavy atom. The second-order valence-electron chi connectivity index (χ2n) is 3.87. The molecule has 0 amide bonds. The predicted molar refractivity (Wildman–Crippen MR) is 64.4 cm³/mol. The molecule has 0 spiro atoms. The average molecular weight is 270 g/mol. The van der Waals surface area contributed by atoms with Crippen LogP contribution >= 0.6 is 11.6 Å². The van der Waals surface area contributed by atoms with Gasteiger partial charge in [-0.25, -0.2) is 8.78 Å². The van der Waals surface area contributed by atoms with Crippen molar-refractivity contribution in [3.63, 3.8) is 0 Å². The van der Waals surface area contributed by atoms with Crippen molar-refractivity contribution >= 4 is 11.6 Å². The molecule has 1 unspecified atom stereocenters. The molecule has 0 aliphatic heterocycles. The summed E-state index contributed by atoms with van der Waals surface area (Å²) in [4.78, 5) is 3.88. The topological polar surface area (TPSA) is 33.1 Å². The highest BCUT2D eigenvalue weighted by atomic mass is 35.5. The van der Waals surface area contributed by atoms with Crippen molar-refractivity contribution in [3.05, 3.63) is 63.9 Å². The fourth-order valence-electron chi connectivity index (χ4n) is 1.62. The summed E-state index contributed by atoms with van der Waals surface area (Å²) in [5, 5.41) is 10.2. The number of halogens is 3. The van der Waals surface area contributed by atoms with Crippen molar-refractivity contribution in [3.8, 4) is 0 Å². The van der Waals surface area contributed by atoms with Crippen LogP contribution in [-0.4, -0.2) is 10.1 Å². The summed E-state index contributed by atoms with van der Waals surface area (Å²) in [6.45, 7) is 1.45. The van der Waals surface area contributed by atoms with E-state index >= 15 is 0 Å². The van der Waals surface area contributed by atoms with Gasteiger partial charge in [-0.15, -0.1) is 0 Å². The number of aliphatic hydroxyl groups is 1. The average Bonchev–Trinajstić information content (AvgIpc) is 2.36. The summed E-state index contributed by atoms with van der Waals surface area (Å²) >= 11 is 5.85. The van der Waals surface area contributed by atoms with Crippen molar-refractivity contribution in [1.29, 1.82) is 0 Å². The molecule has 1 atom stereocenters. The van der Waals surface area contributed by atoms with Gasteiger partial charge in [-0.05, 0) is 24.6 Å². The standard InChI is InChI=1S/C13H10ClF2NO/c1-7-4-5-8(11(16)10(7)15)13(18)12-9(14)3-2-6-17-12/h2-6,13,18H,1H3. The van der Waals surface area contributed by atoms with Crippen LogP contribution in [0.15, 0.2) is 30.5 Å². The first-order chi connectivity index (χ1) is 8.52. The Kier molecular flexibility index (Phi) is 3.59. The highest BCUT2D eigenvalue weighted by Gasteiger charge is 2.21. The monoisotopic (exact) mass is 269 g/mol. The summed E-state index contributed by atoms with van der Waals surface area (Å²) < 4.78 is 27.2. The van der Waals surface area contributed by atoms with E-state index in [1.807, 2.05) is 0 Å². The largest absolute Gasteiger partial charge is 0.382 e. The van der Waals surface area contributed by atoms with Gasteiger partial charge in [0, 0.05) is 11.8 Å². The highest BCUT2D eigenvalue weighted by molar-refractivity contribution is 6.31. The van der Waals surface area contributed by atoms with Gasteiger partial charge >= 0.3 is 0 Å². The first kappa shape index (κ1) is 12.9. The van der Waals surface area contributed by atoms with E-state index in [9.17, 15) is 13.9 Å². The minimum Gasteiger partial charge on any atom is -0.382 e. The molecule has 1 heterocycles. The number of pyridine rings is 1. The van der Waals surface area contributed by atoms with Gasteiger partial charge in [-0.1, -0.05) is 23.7 Å². The zero-order chi connectivity index (χ0) is 13.3. The number of aliphatic hydroxyl groups excluding tert-OH is 1. The molecule has 1 N–H and O–H groups in total. The van der Waals surface area contributed by atoms with Crippen LogP contribution in [0.2, 0.25) is 5.02 Å². The van der Waals surface area contributed by atoms with E-state index in [2.05, 4.69) is 4.98 Å². The Balaban J connectivity index is 2.50. The molecular weight excluding hydrogens is 260 g/mol. The summed E-state index contributed by atoms with van der Waals surface area (Å²) in [7, 11) is 0. The maximum atomic E-state index is 13.7. The summed E-state index contributed by atoms with van der Waals surface area (Å²) in [6, 6.07) is 5.83. The molecule has 2 rings (SSSR count). The molecule has 5 heteroatoms. The van der Waals surface area contributed by atoms with Gasteiger partial charge in [0.25, 0.3) is 0 Å². The third-order valence-corrected chi connectivity index (χ3v) is 2.97. The molecule has 0 saturated heterocycles. The maximum Gasteiger partial charge on any atom is 0.165 e. The number of hydrogen-bond acceptors (Lipinski definition) is 2. The Hall–Kier alpha value is -1.52. The van der Waals surface area contributed by atoms with Crippen LogP contribution in [-0.2, 0) is 0 Å². The number of hydrogen-bond donors (Lipinski definition) is 1. The van der Waals surface area contributed by atoms with Crippen LogP contribution in [0.4, 0.5) is 8.78 Å². The van der Waals surface area contributed by atoms with Gasteiger partial charge in [0.05, 0.1) is 10.7 Å². The number of aromatic nitrogens is 1. The van der Waals surface area contributed by atoms with E-state index in [1.165, 1.54) is 31.3 Å². The SMILES string of the molecule is Cc1ccc(C(O)c2ncccc2Cl)c(F)c1F. The first-order valence-corrected chi connectivity index (χ1v) is 5.63. The van der Waals surface area contributed by atoms with Crippen molar-refractivity contribution in [2.75, 3.05) is 0 Å². The Labute approximate surface area is 108 Å². The minimum atomic E-state index is -1.39. The molecule has 0 radical (unpaired) electrons. The Morgan fingerprint density at radius 1 is 1.22 bits per heavy atom. The van der Waals surface area contributed by atoms with Crippen molar-refractivity contribution in [1.82, 2.24) is 4.98 Å². The minimum absolute atomic E-state index is 0.0984. The number of rotatable bonds is 2. The van der Waals surface area contributed by atoms with E-state index in [-0.39, 0.29) is 21.8 Å². The molecule has 0 bridgehead atoms. The Bertz CT molecular complexity index is 589. The van der Waals surface area contributed by atoms with Crippen LogP contribution in [0.25, 0.3) is 0 Å². The molecule has 1 aromatic heterocycles. The zero-order valence-electron chi connectivity index (χ0n) is 9.49. The fraction of sp³-hybridized carbons (Fsp3) is 0.154. The quantitative estimate of drug-likeness (QED) is 0.906. The van der Waals surface area contributed by atoms with Gasteiger partial charge in [-0.2, -0.15) is 0 Å². The smallest absolute Gasteiger partial charge is 0.165 e. The molecule has 18 heavy (non-hydrogen) atoms. The van der Waals surface area contributed by atoms with Crippen LogP contribution < -0.4 is 0 Å². The van der Waals surface area contributed by atoms with Crippen LogP contribution in [0.5, 0.6) is 0 Å². The molecule has 94 valence electrons. The lowest BCUT2D eigenvalue weighted by Crippen LogP contribution is -2.07. The van der Waals surface area contributed by atoms with E-state index in [4.69, 9.17) is 11.6 Å². The summed E-state index contributed by atoms with van der Waals surface area (Å²) in [5.74, 6) is -2.05. The third-order valence-electron chi connectivity index (χ3n) is 2.65.